The molecule has 11 aromatic rings. The number of anilines is 2. The fourth-order valence-corrected chi connectivity index (χ4v) is 14.3. The minimum Gasteiger partial charge on any atom is -0.376 e. The van der Waals surface area contributed by atoms with Crippen molar-refractivity contribution in [2.45, 2.75) is 58.3 Å². The summed E-state index contributed by atoms with van der Waals surface area (Å²) in [4.78, 5) is 2.80. The van der Waals surface area contributed by atoms with Gasteiger partial charge < -0.3 is 9.38 Å². The molecule has 0 N–H and O–H groups in total. The maximum atomic E-state index is 2.80. The normalized spacial score (nSPS) is 16.1. The molecule has 0 spiro atoms. The van der Waals surface area contributed by atoms with Crippen molar-refractivity contribution >= 4 is 125 Å². The molecule has 286 valence electrons. The number of thiophene rings is 2. The largest absolute Gasteiger partial charge is 0.376 e. The van der Waals surface area contributed by atoms with Gasteiger partial charge in [0.05, 0.1) is 11.0 Å². The van der Waals surface area contributed by atoms with E-state index in [1.807, 2.05) is 22.7 Å². The first-order valence-electron chi connectivity index (χ1n) is 21.5. The number of hydrogen-bond donors (Lipinski definition) is 0. The minimum absolute atomic E-state index is 0.0392. The quantitative estimate of drug-likeness (QED) is 0.150. The van der Waals surface area contributed by atoms with Gasteiger partial charge in [0.25, 0.3) is 0 Å². The summed E-state index contributed by atoms with van der Waals surface area (Å²) in [5.41, 5.74) is 16.7. The molecule has 0 amide bonds. The SMILES string of the molecule is Cc1cc2c(cc1N1B3c4c(cc5c(sc6ccccc65)c4-c4c1ccc1sc5ccccc5c41)-n1c4c3cccc4c3ccc4ccccc4c31)C(C)(C)CCC2(C)C. The van der Waals surface area contributed by atoms with Gasteiger partial charge in [0.2, 0.25) is 0 Å². The van der Waals surface area contributed by atoms with E-state index in [0.29, 0.717) is 0 Å². The Kier molecular flexibility index (Phi) is 6.37. The van der Waals surface area contributed by atoms with Crippen LogP contribution in [-0.4, -0.2) is 11.4 Å². The predicted molar refractivity (Wildman–Crippen MR) is 263 cm³/mol. The predicted octanol–water partition coefficient (Wildman–Crippen LogP) is 14.6. The number of hydrogen-bond acceptors (Lipinski definition) is 3. The zero-order chi connectivity index (χ0) is 40.0. The molecule has 5 heteroatoms. The van der Waals surface area contributed by atoms with Crippen molar-refractivity contribution in [1.29, 1.82) is 0 Å². The van der Waals surface area contributed by atoms with Crippen molar-refractivity contribution in [1.82, 2.24) is 4.57 Å². The molecular formula is C55H41BN2S2. The fraction of sp³-hybridized carbons (Fsp3) is 0.164. The summed E-state index contributed by atoms with van der Waals surface area (Å²) in [5.74, 6) is 0. The van der Waals surface area contributed by atoms with Crippen LogP contribution >= 0.6 is 22.7 Å². The maximum absolute atomic E-state index is 2.80. The van der Waals surface area contributed by atoms with Crippen LogP contribution in [0.25, 0.3) is 89.7 Å². The van der Waals surface area contributed by atoms with Crippen molar-refractivity contribution < 1.29 is 0 Å². The van der Waals surface area contributed by atoms with Crippen LogP contribution in [0.1, 0.15) is 57.2 Å². The van der Waals surface area contributed by atoms with E-state index in [9.17, 15) is 0 Å². The van der Waals surface area contributed by atoms with Crippen LogP contribution in [-0.2, 0) is 10.8 Å². The third kappa shape index (κ3) is 4.11. The highest BCUT2D eigenvalue weighted by Crippen LogP contribution is 2.56. The Hall–Kier alpha value is -5.88. The average molecular weight is 805 g/mol. The molecule has 60 heavy (non-hydrogen) atoms. The van der Waals surface area contributed by atoms with E-state index in [4.69, 9.17) is 0 Å². The van der Waals surface area contributed by atoms with Gasteiger partial charge in [0.1, 0.15) is 0 Å². The van der Waals surface area contributed by atoms with E-state index in [1.165, 1.54) is 142 Å². The minimum atomic E-state index is -0.0392. The van der Waals surface area contributed by atoms with Gasteiger partial charge in [0.15, 0.2) is 0 Å². The highest BCUT2D eigenvalue weighted by molar-refractivity contribution is 7.27. The summed E-state index contributed by atoms with van der Waals surface area (Å²) in [6.07, 6.45) is 2.38. The topological polar surface area (TPSA) is 8.17 Å². The van der Waals surface area contributed by atoms with Crippen LogP contribution in [0.2, 0.25) is 0 Å². The van der Waals surface area contributed by atoms with Gasteiger partial charge in [-0.1, -0.05) is 125 Å². The van der Waals surface area contributed by atoms with E-state index < -0.39 is 0 Å². The van der Waals surface area contributed by atoms with Crippen molar-refractivity contribution in [3.63, 3.8) is 0 Å². The molecule has 5 heterocycles. The lowest BCUT2D eigenvalue weighted by Crippen LogP contribution is -2.60. The second-order valence-corrected chi connectivity index (χ2v) is 21.2. The molecule has 3 aromatic heterocycles. The first kappa shape index (κ1) is 33.9. The van der Waals surface area contributed by atoms with Crippen molar-refractivity contribution in [2.24, 2.45) is 0 Å². The number of fused-ring (bicyclic) bond motifs is 18. The van der Waals surface area contributed by atoms with Crippen molar-refractivity contribution in [2.75, 3.05) is 4.81 Å². The first-order valence-corrected chi connectivity index (χ1v) is 23.1. The molecule has 0 saturated carbocycles. The molecule has 1 aliphatic carbocycles. The first-order chi connectivity index (χ1) is 29.2. The fourth-order valence-electron chi connectivity index (χ4n) is 11.9. The number of nitrogens with zero attached hydrogens (tertiary/aromatic N) is 2. The Labute approximate surface area is 357 Å². The molecule has 0 unspecified atom stereocenters. The van der Waals surface area contributed by atoms with E-state index in [1.54, 1.807) is 0 Å². The lowest BCUT2D eigenvalue weighted by molar-refractivity contribution is 0.332. The molecule has 2 nitrogen and oxygen atoms in total. The highest BCUT2D eigenvalue weighted by atomic mass is 32.1. The number of benzene rings is 8. The molecule has 0 saturated heterocycles. The van der Waals surface area contributed by atoms with Crippen LogP contribution in [0.4, 0.5) is 11.4 Å². The van der Waals surface area contributed by atoms with Crippen LogP contribution in [0.5, 0.6) is 0 Å². The summed E-state index contributed by atoms with van der Waals surface area (Å²) >= 11 is 3.91. The standard InChI is InChI=1S/C55H41BN2S2/c1-30-27-38-39(55(4,5)26-25-54(38,2)3)29-42(30)58-41-23-24-46-47(36-16-9-11-20-45(36)59-46)48(41)49-50-43(28-37-33-15-8-10-19-44(33)60-53(37)49)57-51-32-14-7-6-13-31(32)21-22-35(51)34-17-12-18-40(52(34)57)56(50)58/h6-24,27-29H,25-26H2,1-5H3. The van der Waals surface area contributed by atoms with Crippen LogP contribution in [0.3, 0.4) is 0 Å². The van der Waals surface area contributed by atoms with Gasteiger partial charge in [-0.3, -0.25) is 0 Å². The molecule has 14 rings (SSSR count). The lowest BCUT2D eigenvalue weighted by atomic mass is 9.43. The highest BCUT2D eigenvalue weighted by Gasteiger charge is 2.47. The summed E-state index contributed by atoms with van der Waals surface area (Å²) in [7, 11) is 0. The molecular weight excluding hydrogens is 764 g/mol. The number of aryl methyl sites for hydroxylation is 1. The van der Waals surface area contributed by atoms with Gasteiger partial charge in [0, 0.05) is 84.7 Å². The smallest absolute Gasteiger partial charge is 0.333 e. The molecule has 2 aliphatic heterocycles. The number of rotatable bonds is 1. The Morgan fingerprint density at radius 1 is 0.517 bits per heavy atom. The Morgan fingerprint density at radius 2 is 1.20 bits per heavy atom. The van der Waals surface area contributed by atoms with E-state index in [0.717, 1.165) is 0 Å². The van der Waals surface area contributed by atoms with Gasteiger partial charge in [-0.15, -0.1) is 22.7 Å². The van der Waals surface area contributed by atoms with Gasteiger partial charge in [-0.25, -0.2) is 0 Å². The summed E-state index contributed by atoms with van der Waals surface area (Å²) < 4.78 is 8.11. The Balaban J connectivity index is 1.24. The molecule has 0 bridgehead atoms. The van der Waals surface area contributed by atoms with Crippen molar-refractivity contribution in [3.05, 3.63) is 150 Å². The van der Waals surface area contributed by atoms with Gasteiger partial charge in [-0.2, -0.15) is 0 Å². The monoisotopic (exact) mass is 804 g/mol. The van der Waals surface area contributed by atoms with E-state index in [-0.39, 0.29) is 17.7 Å². The summed E-state index contributed by atoms with van der Waals surface area (Å²) in [5, 5.41) is 10.6. The van der Waals surface area contributed by atoms with Crippen LogP contribution in [0, 0.1) is 6.92 Å². The van der Waals surface area contributed by atoms with Gasteiger partial charge >= 0.3 is 6.85 Å². The number of para-hydroxylation sites is 1. The maximum Gasteiger partial charge on any atom is 0.333 e. The van der Waals surface area contributed by atoms with E-state index in [2.05, 4.69) is 177 Å². The molecule has 3 aliphatic rings. The number of aromatic nitrogens is 1. The summed E-state index contributed by atoms with van der Waals surface area (Å²) in [6.45, 7) is 12.2. The lowest BCUT2D eigenvalue weighted by Gasteiger charge is -2.46. The zero-order valence-electron chi connectivity index (χ0n) is 34.4. The molecule has 8 aromatic carbocycles. The Morgan fingerprint density at radius 3 is 2.02 bits per heavy atom. The van der Waals surface area contributed by atoms with E-state index >= 15 is 0 Å². The summed E-state index contributed by atoms with van der Waals surface area (Å²) in [6, 6.07) is 51.7. The zero-order valence-corrected chi connectivity index (χ0v) is 36.0. The van der Waals surface area contributed by atoms with Gasteiger partial charge in [-0.05, 0) is 100.0 Å². The third-order valence-corrected chi connectivity index (χ3v) is 17.3. The second kappa shape index (κ2) is 11.3. The van der Waals surface area contributed by atoms with Crippen LogP contribution in [0.15, 0.2) is 133 Å². The molecule has 0 fully saturated rings. The second-order valence-electron chi connectivity index (χ2n) is 19.1. The van der Waals surface area contributed by atoms with Crippen molar-refractivity contribution in [3.8, 4) is 16.8 Å². The molecule has 0 radical (unpaired) electrons. The van der Waals surface area contributed by atoms with Crippen LogP contribution < -0.4 is 15.7 Å². The molecule has 0 atom stereocenters. The third-order valence-electron chi connectivity index (χ3n) is 14.9. The average Bonchev–Trinajstić information content (AvgIpc) is 3.94. The Bertz CT molecular complexity index is 3760.